The van der Waals surface area contributed by atoms with E-state index in [4.69, 9.17) is 27.9 Å². The Morgan fingerprint density at radius 2 is 1.85 bits per heavy atom. The Kier molecular flexibility index (Phi) is 9.26. The molecule has 10 heteroatoms. The number of hydrogen-bond acceptors (Lipinski definition) is 6. The highest BCUT2D eigenvalue weighted by molar-refractivity contribution is 7.09. The third kappa shape index (κ3) is 6.66. The summed E-state index contributed by atoms with van der Waals surface area (Å²) in [5.74, 6) is -1.87. The number of Topliss-reactive ketones (excluding diaryl/α,β-unsaturated/α-hetero) is 1. The minimum atomic E-state index is -0.980. The normalized spacial score (nSPS) is 12.5. The van der Waals surface area contributed by atoms with Gasteiger partial charge in [-0.1, -0.05) is 57.3 Å². The molecule has 0 saturated heterocycles. The molecule has 4 rings (SSSR count). The van der Waals surface area contributed by atoms with Gasteiger partial charge >= 0.3 is 5.97 Å². The van der Waals surface area contributed by atoms with Crippen molar-refractivity contribution in [2.45, 2.75) is 60.5 Å². The minimum Gasteiger partial charge on any atom is -0.486 e. The van der Waals surface area contributed by atoms with Gasteiger partial charge in [0.2, 0.25) is 5.78 Å². The maximum absolute atomic E-state index is 14.1. The van der Waals surface area contributed by atoms with Crippen LogP contribution < -0.4 is 4.74 Å². The van der Waals surface area contributed by atoms with E-state index < -0.39 is 23.1 Å². The van der Waals surface area contributed by atoms with Crippen LogP contribution in [0.25, 0.3) is 5.52 Å². The number of ether oxygens (including phenoxy) is 1. The zero-order chi connectivity index (χ0) is 30.1. The number of benzene rings is 1. The summed E-state index contributed by atoms with van der Waals surface area (Å²) in [4.78, 5) is 44.8. The Bertz CT molecular complexity index is 1630. The Labute approximate surface area is 253 Å². The van der Waals surface area contributed by atoms with Crippen molar-refractivity contribution in [3.05, 3.63) is 85.0 Å². The van der Waals surface area contributed by atoms with Crippen molar-refractivity contribution in [2.24, 2.45) is 11.3 Å². The molecule has 0 aliphatic rings. The highest BCUT2D eigenvalue weighted by Gasteiger charge is 2.35. The van der Waals surface area contributed by atoms with Gasteiger partial charge in [-0.25, -0.2) is 4.98 Å². The number of fused-ring (bicyclic) bond motifs is 1. The van der Waals surface area contributed by atoms with Crippen molar-refractivity contribution in [1.29, 1.82) is 0 Å². The first-order chi connectivity index (χ1) is 19.3. The largest absolute Gasteiger partial charge is 0.486 e. The molecule has 0 aliphatic heterocycles. The Morgan fingerprint density at radius 1 is 1.12 bits per heavy atom. The van der Waals surface area contributed by atoms with Gasteiger partial charge in [0.1, 0.15) is 17.4 Å². The average molecular weight is 616 g/mol. The van der Waals surface area contributed by atoms with Gasteiger partial charge in [-0.15, -0.1) is 11.3 Å². The molecule has 216 valence electrons. The number of ketones is 2. The number of nitrogens with zero attached hydrogens (tertiary/aromatic N) is 2. The number of thiazole rings is 1. The molecule has 0 aliphatic carbocycles. The number of pyridine rings is 1. The molecule has 0 bridgehead atoms. The molecule has 0 saturated carbocycles. The molecule has 3 aromatic heterocycles. The molecular weight excluding hydrogens is 583 g/mol. The van der Waals surface area contributed by atoms with Crippen molar-refractivity contribution in [3.63, 3.8) is 0 Å². The van der Waals surface area contributed by atoms with E-state index in [1.165, 1.54) is 23.5 Å². The molecule has 0 spiro atoms. The zero-order valence-corrected chi connectivity index (χ0v) is 25.9. The second-order valence-corrected chi connectivity index (χ2v) is 12.8. The summed E-state index contributed by atoms with van der Waals surface area (Å²) in [6.45, 7) is 9.47. The van der Waals surface area contributed by atoms with E-state index in [2.05, 4.69) is 4.98 Å². The van der Waals surface area contributed by atoms with E-state index in [9.17, 15) is 19.5 Å². The second-order valence-electron chi connectivity index (χ2n) is 11.1. The first-order valence-electron chi connectivity index (χ1n) is 13.3. The fraction of sp³-hybridized carbons (Fsp3) is 0.355. The number of hydrogen-bond donors (Lipinski definition) is 1. The number of aromatic nitrogens is 2. The lowest BCUT2D eigenvalue weighted by atomic mass is 9.82. The quantitative estimate of drug-likeness (QED) is 0.171. The summed E-state index contributed by atoms with van der Waals surface area (Å²) in [5, 5.41) is 13.3. The van der Waals surface area contributed by atoms with Crippen molar-refractivity contribution < 1.29 is 24.2 Å². The Balaban J connectivity index is 1.96. The van der Waals surface area contributed by atoms with Gasteiger partial charge < -0.3 is 14.2 Å². The summed E-state index contributed by atoms with van der Waals surface area (Å²) in [6, 6.07) is 8.03. The summed E-state index contributed by atoms with van der Waals surface area (Å²) in [5.41, 5.74) is 1.78. The van der Waals surface area contributed by atoms with Crippen LogP contribution in [0.15, 0.2) is 41.9 Å². The lowest BCUT2D eigenvalue weighted by molar-refractivity contribution is -0.141. The third-order valence-electron chi connectivity index (χ3n) is 6.78. The summed E-state index contributed by atoms with van der Waals surface area (Å²) in [6.07, 6.45) is 2.73. The van der Waals surface area contributed by atoms with Crippen LogP contribution in [0.5, 0.6) is 5.75 Å². The molecule has 0 fully saturated rings. The van der Waals surface area contributed by atoms with Crippen LogP contribution >= 0.6 is 34.5 Å². The molecule has 1 aromatic carbocycles. The lowest BCUT2D eigenvalue weighted by Gasteiger charge is -2.19. The maximum atomic E-state index is 14.1. The predicted molar refractivity (Wildman–Crippen MR) is 162 cm³/mol. The van der Waals surface area contributed by atoms with Crippen LogP contribution in [0, 0.1) is 18.3 Å². The first-order valence-corrected chi connectivity index (χ1v) is 14.9. The second kappa shape index (κ2) is 12.3. The maximum Gasteiger partial charge on any atom is 0.306 e. The van der Waals surface area contributed by atoms with Gasteiger partial charge in [0, 0.05) is 39.9 Å². The van der Waals surface area contributed by atoms with E-state index in [1.54, 1.807) is 49.6 Å². The number of carbonyl (C=O) groups excluding carboxylic acids is 2. The number of rotatable bonds is 11. The van der Waals surface area contributed by atoms with Crippen LogP contribution in [0.3, 0.4) is 0 Å². The van der Waals surface area contributed by atoms with Gasteiger partial charge in [-0.3, -0.25) is 14.4 Å². The number of carboxylic acid groups (broad SMARTS) is 1. The van der Waals surface area contributed by atoms with Crippen molar-refractivity contribution in [2.75, 3.05) is 0 Å². The molecule has 1 unspecified atom stereocenters. The van der Waals surface area contributed by atoms with E-state index >= 15 is 0 Å². The average Bonchev–Trinajstić information content (AvgIpc) is 3.47. The van der Waals surface area contributed by atoms with Gasteiger partial charge in [0.15, 0.2) is 5.78 Å². The van der Waals surface area contributed by atoms with E-state index in [0.29, 0.717) is 40.3 Å². The smallest absolute Gasteiger partial charge is 0.306 e. The number of halogens is 2. The molecule has 0 amide bonds. The molecular formula is C31H32Cl2N2O5S. The summed E-state index contributed by atoms with van der Waals surface area (Å²) < 4.78 is 7.68. The van der Waals surface area contributed by atoms with Gasteiger partial charge in [-0.2, -0.15) is 0 Å². The van der Waals surface area contributed by atoms with Gasteiger partial charge in [-0.05, 0) is 49.6 Å². The van der Waals surface area contributed by atoms with Gasteiger partial charge in [0.25, 0.3) is 0 Å². The molecule has 7 nitrogen and oxygen atoms in total. The zero-order valence-electron chi connectivity index (χ0n) is 23.6. The van der Waals surface area contributed by atoms with E-state index in [-0.39, 0.29) is 35.1 Å². The number of aryl methyl sites for hydroxylation is 1. The number of carbonyl (C=O) groups is 3. The van der Waals surface area contributed by atoms with Crippen LogP contribution in [0.4, 0.5) is 0 Å². The number of carboxylic acids is 1. The Hall–Kier alpha value is -3.20. The molecule has 1 N–H and O–H groups in total. The van der Waals surface area contributed by atoms with E-state index in [0.717, 1.165) is 10.7 Å². The highest BCUT2D eigenvalue weighted by Crippen LogP contribution is 2.36. The molecule has 41 heavy (non-hydrogen) atoms. The van der Waals surface area contributed by atoms with Crippen LogP contribution in [0.1, 0.15) is 83.2 Å². The lowest BCUT2D eigenvalue weighted by Crippen LogP contribution is -2.24. The van der Waals surface area contributed by atoms with Gasteiger partial charge in [0.05, 0.1) is 27.2 Å². The van der Waals surface area contributed by atoms with E-state index in [1.807, 2.05) is 19.2 Å². The third-order valence-corrected chi connectivity index (χ3v) is 8.46. The minimum absolute atomic E-state index is 0.0129. The monoisotopic (exact) mass is 614 g/mol. The van der Waals surface area contributed by atoms with Crippen molar-refractivity contribution in [1.82, 2.24) is 9.38 Å². The molecule has 0 radical (unpaired) electrons. The summed E-state index contributed by atoms with van der Waals surface area (Å²) >= 11 is 13.9. The standard InChI is InChI=1S/C31H32Cl2N2O5S/c1-6-7-19(30(38)39)12-21-26(29(37)31(3,4)5)24-14-20(40-15-25-34-17(2)16-41-25)10-11-35(24)27(21)28(36)18-8-9-22(32)23(33)13-18/h8-11,13-14,16,19H,6-7,12,15H2,1-5H3,(H,38,39). The first kappa shape index (κ1) is 30.8. The topological polar surface area (TPSA) is 98.0 Å². The van der Waals surface area contributed by atoms with Crippen LogP contribution in [-0.4, -0.2) is 32.0 Å². The summed E-state index contributed by atoms with van der Waals surface area (Å²) in [7, 11) is 0. The van der Waals surface area contributed by atoms with Crippen molar-refractivity contribution >= 4 is 57.6 Å². The van der Waals surface area contributed by atoms with Crippen molar-refractivity contribution in [3.8, 4) is 5.75 Å². The fourth-order valence-corrected chi connectivity index (χ4v) is 5.73. The number of aliphatic carboxylic acids is 1. The molecule has 4 aromatic rings. The predicted octanol–water partition coefficient (Wildman–Crippen LogP) is 8.09. The van der Waals surface area contributed by atoms with Crippen LogP contribution in [0.2, 0.25) is 10.0 Å². The SMILES string of the molecule is CCCC(Cc1c(C(=O)C(C)(C)C)c2cc(OCc3nc(C)cs3)ccn2c1C(=O)c1ccc(Cl)c(Cl)c1)C(=O)O. The Morgan fingerprint density at radius 3 is 2.44 bits per heavy atom. The molecule has 3 heterocycles. The van der Waals surface area contributed by atoms with Crippen LogP contribution in [-0.2, 0) is 17.8 Å². The fourth-order valence-electron chi connectivity index (χ4n) is 4.75. The highest BCUT2D eigenvalue weighted by atomic mass is 35.5. The molecule has 1 atom stereocenters.